The molecule has 0 aliphatic heterocycles. The number of aromatic nitrogens is 2. The van der Waals surface area contributed by atoms with Crippen LogP contribution in [0.15, 0.2) is 73.1 Å². The van der Waals surface area contributed by atoms with E-state index < -0.39 is 0 Å². The van der Waals surface area contributed by atoms with Gasteiger partial charge in [-0.05, 0) is 58.9 Å². The highest BCUT2D eigenvalue weighted by Gasteiger charge is 2.20. The molecule has 0 unspecified atom stereocenters. The van der Waals surface area contributed by atoms with Crippen LogP contribution in [0.5, 0.6) is 0 Å². The molecule has 27 heavy (non-hydrogen) atoms. The average molecular weight is 376 g/mol. The molecule has 0 bridgehead atoms. The highest BCUT2D eigenvalue weighted by Crippen LogP contribution is 2.25. The third-order valence-electron chi connectivity index (χ3n) is 5.33. The summed E-state index contributed by atoms with van der Waals surface area (Å²) in [5, 5.41) is 3.73. The predicted molar refractivity (Wildman–Crippen MR) is 113 cm³/mol. The molecule has 0 saturated heterocycles. The molecule has 1 heterocycles. The van der Waals surface area contributed by atoms with Crippen LogP contribution in [0.25, 0.3) is 22.2 Å². The van der Waals surface area contributed by atoms with Gasteiger partial charge in [0.2, 0.25) is 0 Å². The summed E-state index contributed by atoms with van der Waals surface area (Å²) >= 11 is 0. The number of imidazole rings is 1. The molecule has 4 aromatic rings. The van der Waals surface area contributed by atoms with Gasteiger partial charge < -0.3 is 10.3 Å². The van der Waals surface area contributed by atoms with Crippen LogP contribution in [0.4, 0.5) is 0 Å². The van der Waals surface area contributed by atoms with Gasteiger partial charge >= 0.3 is 0 Å². The van der Waals surface area contributed by atoms with Gasteiger partial charge in [-0.25, -0.2) is 4.98 Å². The molecule has 0 fully saturated rings. The smallest absolute Gasteiger partial charge is 0.0931 e. The lowest BCUT2D eigenvalue weighted by Crippen LogP contribution is -2.28. The summed E-state index contributed by atoms with van der Waals surface area (Å²) in [5.41, 5.74) is 8.86. The minimum atomic E-state index is 0. The van der Waals surface area contributed by atoms with Crippen molar-refractivity contribution in [2.24, 2.45) is 0 Å². The molecule has 0 radical (unpaired) electrons. The number of rotatable bonds is 4. The summed E-state index contributed by atoms with van der Waals surface area (Å²) in [5.74, 6) is 0. The normalized spacial score (nSPS) is 13.5. The maximum Gasteiger partial charge on any atom is 0.0931 e. The number of nitrogens with zero attached hydrogens (tertiary/aromatic N) is 1. The van der Waals surface area contributed by atoms with Crippen LogP contribution < -0.4 is 5.32 Å². The van der Waals surface area contributed by atoms with Gasteiger partial charge in [0.25, 0.3) is 0 Å². The molecule has 3 nitrogen and oxygen atoms in total. The predicted octanol–water partition coefficient (Wildman–Crippen LogP) is 4.91. The fraction of sp³-hybridized carbons (Fsp3) is 0.174. The van der Waals surface area contributed by atoms with E-state index in [4.69, 9.17) is 0 Å². The van der Waals surface area contributed by atoms with Gasteiger partial charge in [-0.3, -0.25) is 0 Å². The largest absolute Gasteiger partial charge is 0.345 e. The Bertz CT molecular complexity index is 1040. The fourth-order valence-corrected chi connectivity index (χ4v) is 3.94. The fourth-order valence-electron chi connectivity index (χ4n) is 3.94. The van der Waals surface area contributed by atoms with E-state index >= 15 is 0 Å². The summed E-state index contributed by atoms with van der Waals surface area (Å²) in [4.78, 5) is 7.49. The van der Waals surface area contributed by atoms with Crippen molar-refractivity contribution in [1.29, 1.82) is 0 Å². The van der Waals surface area contributed by atoms with Crippen LogP contribution in [-0.4, -0.2) is 16.0 Å². The molecule has 0 amide bonds. The second kappa shape index (κ2) is 7.55. The van der Waals surface area contributed by atoms with E-state index in [1.54, 1.807) is 6.33 Å². The van der Waals surface area contributed by atoms with Gasteiger partial charge in [-0.2, -0.15) is 0 Å². The van der Waals surface area contributed by atoms with Crippen molar-refractivity contribution in [3.63, 3.8) is 0 Å². The van der Waals surface area contributed by atoms with E-state index in [1.807, 2.05) is 0 Å². The van der Waals surface area contributed by atoms with E-state index in [0.717, 1.165) is 30.4 Å². The number of hydrogen-bond donors (Lipinski definition) is 2. The average Bonchev–Trinajstić information content (AvgIpc) is 3.32. The number of fused-ring (bicyclic) bond motifs is 2. The van der Waals surface area contributed by atoms with Crippen molar-refractivity contribution in [1.82, 2.24) is 15.3 Å². The first-order chi connectivity index (χ1) is 12.8. The number of aromatic amines is 1. The van der Waals surface area contributed by atoms with Crippen molar-refractivity contribution in [2.75, 3.05) is 0 Å². The second-order valence-corrected chi connectivity index (χ2v) is 7.09. The Labute approximate surface area is 165 Å². The highest BCUT2D eigenvalue weighted by atomic mass is 35.5. The molecule has 2 N–H and O–H groups in total. The second-order valence-electron chi connectivity index (χ2n) is 7.09. The maximum atomic E-state index is 4.30. The minimum Gasteiger partial charge on any atom is -0.345 e. The molecule has 1 aliphatic carbocycles. The van der Waals surface area contributed by atoms with Crippen LogP contribution in [0.2, 0.25) is 0 Å². The van der Waals surface area contributed by atoms with Gasteiger partial charge in [-0.1, -0.05) is 48.5 Å². The first-order valence-corrected chi connectivity index (χ1v) is 9.18. The molecular formula is C23H22ClN3. The van der Waals surface area contributed by atoms with Crippen LogP contribution in [0.1, 0.15) is 16.7 Å². The summed E-state index contributed by atoms with van der Waals surface area (Å²) in [6.45, 7) is 0.902. The highest BCUT2D eigenvalue weighted by molar-refractivity contribution is 5.85. The standard InChI is InChI=1S/C23H21N3.ClH/c1-2-6-19-12-21(11-18(19)5-1)24-14-16-4-3-7-17(10-16)20-8-9-22-23(13-20)26-15-25-22;/h1-10,13,15,21,24H,11-12,14H2,(H,25,26);1H. The van der Waals surface area contributed by atoms with Gasteiger partial charge in [0, 0.05) is 12.6 Å². The SMILES string of the molecule is Cl.c1cc(CNC2Cc3ccccc3C2)cc(-c2ccc3nc[nH]c3c2)c1. The van der Waals surface area contributed by atoms with Gasteiger partial charge in [-0.15, -0.1) is 12.4 Å². The molecule has 0 atom stereocenters. The third kappa shape index (κ3) is 3.61. The zero-order chi connectivity index (χ0) is 17.3. The number of H-pyrrole nitrogens is 1. The van der Waals surface area contributed by atoms with E-state index in [1.165, 1.54) is 27.8 Å². The van der Waals surface area contributed by atoms with E-state index in [2.05, 4.69) is 82.0 Å². The third-order valence-corrected chi connectivity index (χ3v) is 5.33. The molecule has 4 heteroatoms. The molecule has 1 aromatic heterocycles. The van der Waals surface area contributed by atoms with Crippen LogP contribution in [0.3, 0.4) is 0 Å². The monoisotopic (exact) mass is 375 g/mol. The molecule has 0 spiro atoms. The molecular weight excluding hydrogens is 354 g/mol. The Kier molecular flexibility index (Phi) is 4.97. The summed E-state index contributed by atoms with van der Waals surface area (Å²) in [7, 11) is 0. The topological polar surface area (TPSA) is 40.7 Å². The Morgan fingerprint density at radius 1 is 0.889 bits per heavy atom. The minimum absolute atomic E-state index is 0. The Balaban J connectivity index is 0.00000180. The zero-order valence-corrected chi connectivity index (χ0v) is 15.8. The lowest BCUT2D eigenvalue weighted by Gasteiger charge is -2.13. The van der Waals surface area contributed by atoms with Crippen LogP contribution in [0, 0.1) is 0 Å². The van der Waals surface area contributed by atoms with Crippen molar-refractivity contribution in [3.05, 3.63) is 89.7 Å². The number of hydrogen-bond acceptors (Lipinski definition) is 2. The van der Waals surface area contributed by atoms with Crippen molar-refractivity contribution < 1.29 is 0 Å². The number of halogens is 1. The molecule has 3 aromatic carbocycles. The lowest BCUT2D eigenvalue weighted by atomic mass is 10.0. The summed E-state index contributed by atoms with van der Waals surface area (Å²) in [6.07, 6.45) is 4.01. The summed E-state index contributed by atoms with van der Waals surface area (Å²) in [6, 6.07) is 24.5. The van der Waals surface area contributed by atoms with Gasteiger partial charge in [0.1, 0.15) is 0 Å². The Morgan fingerprint density at radius 3 is 2.48 bits per heavy atom. The maximum absolute atomic E-state index is 4.30. The molecule has 136 valence electrons. The number of nitrogens with one attached hydrogen (secondary N) is 2. The summed E-state index contributed by atoms with van der Waals surface area (Å²) < 4.78 is 0. The Hall–Kier alpha value is -2.62. The quantitative estimate of drug-likeness (QED) is 0.532. The molecule has 0 saturated carbocycles. The molecule has 5 rings (SSSR count). The van der Waals surface area contributed by atoms with Crippen molar-refractivity contribution in [2.45, 2.75) is 25.4 Å². The van der Waals surface area contributed by atoms with Gasteiger partial charge in [0.05, 0.1) is 17.4 Å². The lowest BCUT2D eigenvalue weighted by molar-refractivity contribution is 0.533. The first-order valence-electron chi connectivity index (χ1n) is 9.18. The van der Waals surface area contributed by atoms with Crippen molar-refractivity contribution >= 4 is 23.4 Å². The van der Waals surface area contributed by atoms with E-state index in [-0.39, 0.29) is 12.4 Å². The number of benzene rings is 3. The first kappa shape index (κ1) is 17.8. The van der Waals surface area contributed by atoms with Gasteiger partial charge in [0.15, 0.2) is 0 Å². The molecule has 1 aliphatic rings. The van der Waals surface area contributed by atoms with E-state index in [9.17, 15) is 0 Å². The van der Waals surface area contributed by atoms with Crippen molar-refractivity contribution in [3.8, 4) is 11.1 Å². The van der Waals surface area contributed by atoms with Crippen LogP contribution in [-0.2, 0) is 19.4 Å². The Morgan fingerprint density at radius 2 is 1.67 bits per heavy atom. The van der Waals surface area contributed by atoms with Crippen LogP contribution >= 0.6 is 12.4 Å². The zero-order valence-electron chi connectivity index (χ0n) is 15.0. The van der Waals surface area contributed by atoms with E-state index in [0.29, 0.717) is 6.04 Å².